The average molecular weight is 348 g/mol. The molecule has 1 heterocycles. The van der Waals surface area contributed by atoms with Crippen molar-refractivity contribution in [2.45, 2.75) is 25.1 Å². The summed E-state index contributed by atoms with van der Waals surface area (Å²) in [5.74, 6) is -0.608. The van der Waals surface area contributed by atoms with E-state index in [2.05, 4.69) is 0 Å². The Labute approximate surface area is 136 Å². The summed E-state index contributed by atoms with van der Waals surface area (Å²) < 4.78 is 43.8. The number of nitrogens with zero attached hydrogens (tertiary/aromatic N) is 1. The largest absolute Gasteiger partial charge is 0.497 e. The van der Waals surface area contributed by atoms with E-state index in [0.29, 0.717) is 19.4 Å². The number of alkyl halides is 3. The Balaban J connectivity index is 2.37. The summed E-state index contributed by atoms with van der Waals surface area (Å²) in [7, 11) is 1.26. The first-order chi connectivity index (χ1) is 10.8. The van der Waals surface area contributed by atoms with Gasteiger partial charge < -0.3 is 9.64 Å². The highest BCUT2D eigenvalue weighted by Crippen LogP contribution is 2.33. The molecule has 0 bridgehead atoms. The zero-order valence-corrected chi connectivity index (χ0v) is 13.0. The molecule has 23 heavy (non-hydrogen) atoms. The molecule has 0 aromatic heterocycles. The van der Waals surface area contributed by atoms with Gasteiger partial charge in [-0.2, -0.15) is 13.2 Å². The third-order valence-corrected chi connectivity index (χ3v) is 4.11. The Morgan fingerprint density at radius 2 is 2.13 bits per heavy atom. The monoisotopic (exact) mass is 348 g/mol. The molecule has 1 unspecified atom stereocenters. The number of methoxy groups -OCH3 is 1. The lowest BCUT2D eigenvalue weighted by Crippen LogP contribution is -2.44. The second-order valence-corrected chi connectivity index (χ2v) is 5.47. The number of halogens is 3. The summed E-state index contributed by atoms with van der Waals surface area (Å²) in [5.41, 5.74) is 0.821. The van der Waals surface area contributed by atoms with Crippen LogP contribution >= 0.6 is 12.2 Å². The van der Waals surface area contributed by atoms with Crippen molar-refractivity contribution in [2.24, 2.45) is 0 Å². The molecule has 5 nitrogen and oxygen atoms in total. The number of amides is 1. The fraction of sp³-hybridized carbons (Fsp3) is 0.429. The van der Waals surface area contributed by atoms with E-state index in [4.69, 9.17) is 22.2 Å². The van der Waals surface area contributed by atoms with E-state index in [-0.39, 0.29) is 16.3 Å². The van der Waals surface area contributed by atoms with Crippen LogP contribution in [-0.2, 0) is 11.0 Å². The second-order valence-electron chi connectivity index (χ2n) is 5.08. The Hall–Kier alpha value is -1.87. The van der Waals surface area contributed by atoms with Crippen LogP contribution in [0.5, 0.6) is 5.75 Å². The number of ether oxygens (including phenoxy) is 1. The number of nitrogens with one attached hydrogen (secondary N) is 1. The van der Waals surface area contributed by atoms with Gasteiger partial charge in [0, 0.05) is 12.1 Å². The summed E-state index contributed by atoms with van der Waals surface area (Å²) in [5, 5.41) is 8.76. The van der Waals surface area contributed by atoms with Crippen molar-refractivity contribution in [3.05, 3.63) is 29.3 Å². The quantitative estimate of drug-likeness (QED) is 0.499. The predicted molar refractivity (Wildman–Crippen MR) is 79.4 cm³/mol. The van der Waals surface area contributed by atoms with Gasteiger partial charge in [-0.1, -0.05) is 12.2 Å². The summed E-state index contributed by atoms with van der Waals surface area (Å²) in [6.45, 7) is 0.426. The fourth-order valence-electron chi connectivity index (χ4n) is 2.53. The van der Waals surface area contributed by atoms with Crippen LogP contribution in [-0.4, -0.2) is 40.7 Å². The first-order valence-corrected chi connectivity index (χ1v) is 7.20. The Bertz CT molecular complexity index is 622. The highest BCUT2D eigenvalue weighted by atomic mass is 32.1. The number of thiocarbonyl (C=S) groups is 1. The minimum atomic E-state index is -4.54. The SMILES string of the molecule is COc1cc(C(=S)N2CCCC2C(=O)NO)cc(C(F)(F)F)c1. The van der Waals surface area contributed by atoms with Gasteiger partial charge in [0.25, 0.3) is 5.91 Å². The zero-order valence-electron chi connectivity index (χ0n) is 12.2. The summed E-state index contributed by atoms with van der Waals surface area (Å²) in [6.07, 6.45) is -3.43. The van der Waals surface area contributed by atoms with Crippen molar-refractivity contribution in [3.63, 3.8) is 0 Å². The molecule has 9 heteroatoms. The molecule has 1 aromatic carbocycles. The number of hydrogen-bond acceptors (Lipinski definition) is 4. The smallest absolute Gasteiger partial charge is 0.416 e. The van der Waals surface area contributed by atoms with E-state index < -0.39 is 23.7 Å². The van der Waals surface area contributed by atoms with Crippen molar-refractivity contribution in [1.82, 2.24) is 10.4 Å². The Morgan fingerprint density at radius 1 is 1.43 bits per heavy atom. The molecule has 1 amide bonds. The maximum Gasteiger partial charge on any atom is 0.416 e. The number of benzene rings is 1. The lowest BCUT2D eigenvalue weighted by Gasteiger charge is -2.26. The molecule has 0 aliphatic carbocycles. The minimum absolute atomic E-state index is 0.0273. The van der Waals surface area contributed by atoms with Gasteiger partial charge in [0.05, 0.1) is 12.7 Å². The zero-order chi connectivity index (χ0) is 17.2. The minimum Gasteiger partial charge on any atom is -0.497 e. The molecular formula is C14H15F3N2O3S. The number of hydroxylamine groups is 1. The van der Waals surface area contributed by atoms with Crippen LogP contribution < -0.4 is 10.2 Å². The normalized spacial score (nSPS) is 18.0. The molecule has 1 aliphatic heterocycles. The van der Waals surface area contributed by atoms with Gasteiger partial charge in [0.2, 0.25) is 0 Å². The summed E-state index contributed by atoms with van der Waals surface area (Å²) in [4.78, 5) is 13.3. The average Bonchev–Trinajstić information content (AvgIpc) is 3.01. The second kappa shape index (κ2) is 6.71. The molecule has 1 fully saturated rings. The van der Waals surface area contributed by atoms with Crippen LogP contribution in [0.1, 0.15) is 24.0 Å². The van der Waals surface area contributed by atoms with Crippen LogP contribution in [0.4, 0.5) is 13.2 Å². The number of rotatable bonds is 3. The first kappa shape index (κ1) is 17.5. The first-order valence-electron chi connectivity index (χ1n) is 6.79. The maximum atomic E-state index is 13.0. The standard InChI is InChI=1S/C14H15F3N2O3S/c1-22-10-6-8(5-9(7-10)14(15,16)17)13(23)19-4-2-3-11(19)12(20)18-21/h5-7,11,21H,2-4H2,1H3,(H,18,20). The van der Waals surface area contributed by atoms with Crippen molar-refractivity contribution >= 4 is 23.1 Å². The lowest BCUT2D eigenvalue weighted by atomic mass is 10.1. The summed E-state index contributed by atoms with van der Waals surface area (Å²) >= 11 is 5.26. The van der Waals surface area contributed by atoms with Gasteiger partial charge in [0.15, 0.2) is 0 Å². The van der Waals surface area contributed by atoms with E-state index in [1.807, 2.05) is 0 Å². The lowest BCUT2D eigenvalue weighted by molar-refractivity contribution is -0.137. The third kappa shape index (κ3) is 3.73. The van der Waals surface area contributed by atoms with Crippen molar-refractivity contribution in [3.8, 4) is 5.75 Å². The van der Waals surface area contributed by atoms with Gasteiger partial charge in [-0.15, -0.1) is 0 Å². The van der Waals surface area contributed by atoms with E-state index >= 15 is 0 Å². The maximum absolute atomic E-state index is 13.0. The molecule has 2 N–H and O–H groups in total. The number of likely N-dealkylation sites (tertiary alicyclic amines) is 1. The fourth-order valence-corrected chi connectivity index (χ4v) is 2.86. The van der Waals surface area contributed by atoms with Gasteiger partial charge in [-0.25, -0.2) is 5.48 Å². The molecule has 0 saturated carbocycles. The Morgan fingerprint density at radius 3 is 2.70 bits per heavy atom. The molecule has 1 atom stereocenters. The van der Waals surface area contributed by atoms with E-state index in [1.54, 1.807) is 5.48 Å². The van der Waals surface area contributed by atoms with Crippen molar-refractivity contribution < 1.29 is 27.9 Å². The van der Waals surface area contributed by atoms with Crippen LogP contribution in [0, 0.1) is 0 Å². The van der Waals surface area contributed by atoms with Gasteiger partial charge in [0.1, 0.15) is 16.8 Å². The van der Waals surface area contributed by atoms with E-state index in [1.165, 1.54) is 18.1 Å². The third-order valence-electron chi connectivity index (χ3n) is 3.64. The number of carbonyl (C=O) groups excluding carboxylic acids is 1. The molecule has 1 aliphatic rings. The van der Waals surface area contributed by atoms with E-state index in [9.17, 15) is 18.0 Å². The Kier molecular flexibility index (Phi) is 5.10. The number of hydrogen-bond donors (Lipinski definition) is 2. The number of carbonyl (C=O) groups is 1. The molecule has 0 radical (unpaired) electrons. The van der Waals surface area contributed by atoms with Crippen LogP contribution in [0.15, 0.2) is 18.2 Å². The predicted octanol–water partition coefficient (Wildman–Crippen LogP) is 2.36. The summed E-state index contributed by atoms with van der Waals surface area (Å²) in [6, 6.07) is 2.50. The van der Waals surface area contributed by atoms with Gasteiger partial charge in [-0.3, -0.25) is 10.0 Å². The van der Waals surface area contributed by atoms with Crippen LogP contribution in [0.2, 0.25) is 0 Å². The van der Waals surface area contributed by atoms with Crippen LogP contribution in [0.25, 0.3) is 0 Å². The molecule has 0 spiro atoms. The van der Waals surface area contributed by atoms with Gasteiger partial charge >= 0.3 is 6.18 Å². The van der Waals surface area contributed by atoms with Gasteiger partial charge in [-0.05, 0) is 31.0 Å². The van der Waals surface area contributed by atoms with Crippen molar-refractivity contribution in [2.75, 3.05) is 13.7 Å². The topological polar surface area (TPSA) is 61.8 Å². The molecule has 1 aromatic rings. The highest BCUT2D eigenvalue weighted by Gasteiger charge is 2.35. The molecular weight excluding hydrogens is 333 g/mol. The molecule has 126 valence electrons. The highest BCUT2D eigenvalue weighted by molar-refractivity contribution is 7.80. The molecule has 2 rings (SSSR count). The van der Waals surface area contributed by atoms with Crippen molar-refractivity contribution in [1.29, 1.82) is 0 Å². The van der Waals surface area contributed by atoms with Crippen LogP contribution in [0.3, 0.4) is 0 Å². The van der Waals surface area contributed by atoms with E-state index in [0.717, 1.165) is 12.1 Å². The molecule has 1 saturated heterocycles.